The largest absolute Gasteiger partial charge is 0.410 e. The maximum absolute atomic E-state index is 13.4. The Morgan fingerprint density at radius 3 is 1.74 bits per heavy atom. The highest BCUT2D eigenvalue weighted by Gasteiger charge is 2.53. The van der Waals surface area contributed by atoms with Crippen molar-refractivity contribution in [2.75, 3.05) is 0 Å². The van der Waals surface area contributed by atoms with E-state index in [2.05, 4.69) is 92.0 Å². The normalized spacial score (nSPS) is 27.6. The van der Waals surface area contributed by atoms with Crippen LogP contribution in [-0.4, -0.2) is 22.4 Å². The highest BCUT2D eigenvalue weighted by Crippen LogP contribution is 2.55. The number of hydrogen-bond acceptors (Lipinski definition) is 3. The molecule has 4 atom stereocenters. The van der Waals surface area contributed by atoms with Crippen molar-refractivity contribution in [1.29, 1.82) is 0 Å². The molecule has 0 radical (unpaired) electrons. The van der Waals surface area contributed by atoms with E-state index in [-0.39, 0.29) is 34.1 Å². The number of carbonyl (C=O) groups excluding carboxylic acids is 1. The summed E-state index contributed by atoms with van der Waals surface area (Å²) in [5, 5.41) is 0.230. The van der Waals surface area contributed by atoms with Gasteiger partial charge in [-0.1, -0.05) is 65.8 Å². The van der Waals surface area contributed by atoms with E-state index in [1.807, 2.05) is 0 Å². The lowest BCUT2D eigenvalue weighted by Gasteiger charge is -2.51. The molecule has 0 bridgehead atoms. The molecule has 1 aromatic rings. The molecule has 0 unspecified atom stereocenters. The van der Waals surface area contributed by atoms with E-state index in [1.165, 1.54) is 11.1 Å². The fourth-order valence-corrected chi connectivity index (χ4v) is 7.11. The van der Waals surface area contributed by atoms with Gasteiger partial charge in [0.2, 0.25) is 0 Å². The maximum atomic E-state index is 13.4. The van der Waals surface area contributed by atoms with Gasteiger partial charge in [-0.25, -0.2) is 0 Å². The monoisotopic (exact) mass is 460 g/mol. The number of ketones is 1. The summed E-state index contributed by atoms with van der Waals surface area (Å²) in [6.45, 7) is 23.0. The third-order valence-corrected chi connectivity index (χ3v) is 17.5. The Morgan fingerprint density at radius 1 is 0.806 bits per heavy atom. The topological polar surface area (TPSA) is 35.5 Å². The lowest BCUT2D eigenvalue weighted by molar-refractivity contribution is -0.136. The van der Waals surface area contributed by atoms with Gasteiger partial charge in [-0.15, -0.1) is 0 Å². The summed E-state index contributed by atoms with van der Waals surface area (Å²) in [4.78, 5) is 13.4. The van der Waals surface area contributed by atoms with Crippen molar-refractivity contribution in [1.82, 2.24) is 0 Å². The van der Waals surface area contributed by atoms with Crippen LogP contribution in [0.5, 0.6) is 0 Å². The van der Waals surface area contributed by atoms with Crippen molar-refractivity contribution < 1.29 is 13.6 Å². The van der Waals surface area contributed by atoms with Crippen LogP contribution in [0.1, 0.15) is 84.1 Å². The highest BCUT2D eigenvalue weighted by molar-refractivity contribution is 6.74. The number of hydrogen-bond donors (Lipinski definition) is 0. The molecule has 31 heavy (non-hydrogen) atoms. The van der Waals surface area contributed by atoms with E-state index in [1.54, 1.807) is 0 Å². The minimum Gasteiger partial charge on any atom is -0.410 e. The smallest absolute Gasteiger partial charge is 0.192 e. The Morgan fingerprint density at radius 2 is 1.26 bits per heavy atom. The Labute approximate surface area is 192 Å². The molecule has 2 aliphatic carbocycles. The summed E-state index contributed by atoms with van der Waals surface area (Å²) in [7, 11) is -4.05. The number of rotatable bonds is 4. The van der Waals surface area contributed by atoms with Gasteiger partial charge in [-0.05, 0) is 60.2 Å². The molecule has 5 heteroatoms. The van der Waals surface area contributed by atoms with Crippen LogP contribution < -0.4 is 0 Å². The molecule has 0 spiro atoms. The van der Waals surface area contributed by atoms with E-state index < -0.39 is 16.6 Å². The number of carbonyl (C=O) groups is 1. The summed E-state index contributed by atoms with van der Waals surface area (Å²) < 4.78 is 14.1. The van der Waals surface area contributed by atoms with Gasteiger partial charge >= 0.3 is 0 Å². The van der Waals surface area contributed by atoms with Gasteiger partial charge in [0.25, 0.3) is 0 Å². The van der Waals surface area contributed by atoms with E-state index in [4.69, 9.17) is 8.85 Å². The minimum absolute atomic E-state index is 0.00870. The van der Waals surface area contributed by atoms with Crippen LogP contribution >= 0.6 is 0 Å². The van der Waals surface area contributed by atoms with E-state index >= 15 is 0 Å². The predicted octanol–water partition coefficient (Wildman–Crippen LogP) is 7.81. The maximum Gasteiger partial charge on any atom is 0.192 e. The fraction of sp³-hybridized carbons (Fsp3) is 0.731. The van der Waals surface area contributed by atoms with Gasteiger partial charge in [0.05, 0.1) is 18.1 Å². The first-order valence-corrected chi connectivity index (χ1v) is 17.9. The van der Waals surface area contributed by atoms with Crippen LogP contribution in [0.4, 0.5) is 0 Å². The second-order valence-electron chi connectivity index (χ2n) is 12.8. The SMILES string of the molecule is CC(C)(C)[Si](C)(C)O[C@@H]1c2ccccc2[C@H](O[Si](C)(C)C(C)(C)C)[C@@H]2C(=O)CCC[C@@H]21. The van der Waals surface area contributed by atoms with Crippen LogP contribution in [-0.2, 0) is 13.6 Å². The Kier molecular flexibility index (Phi) is 6.60. The molecule has 174 valence electrons. The lowest BCUT2D eigenvalue weighted by Crippen LogP contribution is -2.51. The van der Waals surface area contributed by atoms with Gasteiger partial charge in [0.1, 0.15) is 5.78 Å². The van der Waals surface area contributed by atoms with Crippen molar-refractivity contribution in [3.8, 4) is 0 Å². The minimum atomic E-state index is -2.05. The first kappa shape index (κ1) is 24.9. The zero-order chi connectivity index (χ0) is 23.4. The van der Waals surface area contributed by atoms with Crippen LogP contribution in [0, 0.1) is 11.8 Å². The van der Waals surface area contributed by atoms with Crippen molar-refractivity contribution in [2.24, 2.45) is 11.8 Å². The molecular weight excluding hydrogens is 416 g/mol. The van der Waals surface area contributed by atoms with Gasteiger partial charge < -0.3 is 8.85 Å². The van der Waals surface area contributed by atoms with Crippen LogP contribution in [0.15, 0.2) is 24.3 Å². The first-order valence-electron chi connectivity index (χ1n) is 12.0. The average Bonchev–Trinajstić information content (AvgIpc) is 2.62. The molecule has 0 aliphatic heterocycles. The van der Waals surface area contributed by atoms with Crippen LogP contribution in [0.25, 0.3) is 0 Å². The summed E-state index contributed by atoms with van der Waals surface area (Å²) >= 11 is 0. The Bertz CT molecular complexity index is 817. The average molecular weight is 461 g/mol. The fourth-order valence-electron chi connectivity index (χ4n) is 4.56. The van der Waals surface area contributed by atoms with E-state index in [0.29, 0.717) is 12.2 Å². The molecule has 0 aromatic heterocycles. The molecule has 1 aromatic carbocycles. The molecule has 3 rings (SSSR count). The summed E-state index contributed by atoms with van der Waals surface area (Å²) in [5.74, 6) is 0.492. The molecule has 0 N–H and O–H groups in total. The van der Waals surface area contributed by atoms with Crippen LogP contribution in [0.3, 0.4) is 0 Å². The first-order chi connectivity index (χ1) is 14.1. The van der Waals surface area contributed by atoms with Crippen LogP contribution in [0.2, 0.25) is 36.3 Å². The van der Waals surface area contributed by atoms with Gasteiger partial charge in [0.15, 0.2) is 16.6 Å². The molecule has 1 saturated carbocycles. The standard InChI is InChI=1S/C26H44O3Si2/c1-25(2,3)30(7,8)28-23-18-14-11-12-15-19(18)24(29-31(9,10)26(4,5)6)22-20(23)16-13-17-21(22)27/h11-12,14-15,20,22-24H,13,16-17H2,1-10H3/t20-,22-,23+,24-/m0/s1. The molecular formula is C26H44O3Si2. The summed E-state index contributed by atoms with van der Waals surface area (Å²) in [5.41, 5.74) is 2.44. The molecule has 0 saturated heterocycles. The third-order valence-electron chi connectivity index (χ3n) is 8.57. The molecule has 0 heterocycles. The van der Waals surface area contributed by atoms with Gasteiger partial charge in [0, 0.05) is 12.3 Å². The van der Waals surface area contributed by atoms with Gasteiger partial charge in [-0.3, -0.25) is 4.79 Å². The van der Waals surface area contributed by atoms with Crippen molar-refractivity contribution in [2.45, 2.75) is 109 Å². The summed E-state index contributed by atoms with van der Waals surface area (Å²) in [6, 6.07) is 8.63. The lowest BCUT2D eigenvalue weighted by atomic mass is 9.65. The van der Waals surface area contributed by atoms with E-state index in [0.717, 1.165) is 12.8 Å². The summed E-state index contributed by atoms with van der Waals surface area (Å²) in [6.07, 6.45) is 2.53. The predicted molar refractivity (Wildman–Crippen MR) is 134 cm³/mol. The molecule has 3 nitrogen and oxygen atoms in total. The molecule has 0 amide bonds. The molecule has 2 aliphatic rings. The Balaban J connectivity index is 2.11. The van der Waals surface area contributed by atoms with E-state index in [9.17, 15) is 4.79 Å². The quantitative estimate of drug-likeness (QED) is 0.430. The second-order valence-corrected chi connectivity index (χ2v) is 22.3. The highest BCUT2D eigenvalue weighted by atomic mass is 28.4. The number of benzene rings is 1. The van der Waals surface area contributed by atoms with Crippen molar-refractivity contribution >= 4 is 22.4 Å². The Hall–Kier alpha value is -0.756. The third kappa shape index (κ3) is 4.66. The molecule has 1 fully saturated rings. The van der Waals surface area contributed by atoms with Gasteiger partial charge in [-0.2, -0.15) is 0 Å². The number of fused-ring (bicyclic) bond motifs is 2. The van der Waals surface area contributed by atoms with Crippen molar-refractivity contribution in [3.05, 3.63) is 35.4 Å². The zero-order valence-corrected chi connectivity index (χ0v) is 23.5. The number of Topliss-reactive ketones (excluding diaryl/α,β-unsaturated/α-hetero) is 1. The van der Waals surface area contributed by atoms with Crippen molar-refractivity contribution in [3.63, 3.8) is 0 Å². The zero-order valence-electron chi connectivity index (χ0n) is 21.5. The second kappa shape index (κ2) is 8.23.